The van der Waals surface area contributed by atoms with Crippen LogP contribution in [0.25, 0.3) is 0 Å². The van der Waals surface area contributed by atoms with E-state index in [9.17, 15) is 13.2 Å². The zero-order chi connectivity index (χ0) is 16.4. The van der Waals surface area contributed by atoms with Gasteiger partial charge in [0.25, 0.3) is 5.91 Å². The van der Waals surface area contributed by atoms with E-state index in [1.165, 1.54) is 0 Å². The molecule has 1 aliphatic rings. The van der Waals surface area contributed by atoms with E-state index < -0.39 is 10.0 Å². The van der Waals surface area contributed by atoms with Crippen molar-refractivity contribution in [1.29, 1.82) is 0 Å². The molecule has 1 aliphatic heterocycles. The first-order chi connectivity index (χ1) is 10.9. The van der Waals surface area contributed by atoms with Crippen LogP contribution >= 0.6 is 0 Å². The molecule has 0 fully saturated rings. The first-order valence-electron chi connectivity index (χ1n) is 7.05. The molecule has 0 atom stereocenters. The number of benzene rings is 2. The van der Waals surface area contributed by atoms with Crippen molar-refractivity contribution >= 4 is 27.3 Å². The fraction of sp³-hybridized carbons (Fsp3) is 0.188. The van der Waals surface area contributed by atoms with Gasteiger partial charge in [0, 0.05) is 0 Å². The second-order valence-corrected chi connectivity index (χ2v) is 7.09. The van der Waals surface area contributed by atoms with Crippen LogP contribution < -0.4 is 14.8 Å². The fourth-order valence-electron chi connectivity index (χ4n) is 2.41. The van der Waals surface area contributed by atoms with Gasteiger partial charge in [0.15, 0.2) is 6.61 Å². The zero-order valence-electron chi connectivity index (χ0n) is 12.5. The van der Waals surface area contributed by atoms with Crippen molar-refractivity contribution in [2.24, 2.45) is 0 Å². The first kappa shape index (κ1) is 15.4. The number of carbonyl (C=O) groups excluding carboxylic acids is 1. The van der Waals surface area contributed by atoms with E-state index in [0.29, 0.717) is 22.7 Å². The number of sulfonamides is 1. The minimum atomic E-state index is -3.61. The lowest BCUT2D eigenvalue weighted by Crippen LogP contribution is -2.27. The quantitative estimate of drug-likeness (QED) is 0.899. The summed E-state index contributed by atoms with van der Waals surface area (Å²) < 4.78 is 32.6. The second-order valence-electron chi connectivity index (χ2n) is 5.37. The van der Waals surface area contributed by atoms with Crippen molar-refractivity contribution in [3.8, 4) is 5.75 Å². The minimum absolute atomic E-state index is 0.0769. The predicted octanol–water partition coefficient (Wildman–Crippen LogP) is 2.27. The van der Waals surface area contributed by atoms with Crippen molar-refractivity contribution in [3.05, 3.63) is 53.6 Å². The maximum absolute atomic E-state index is 12.4. The molecule has 1 heterocycles. The summed E-state index contributed by atoms with van der Waals surface area (Å²) >= 11 is 0. The van der Waals surface area contributed by atoms with Gasteiger partial charge in [-0.15, -0.1) is 0 Å². The molecule has 0 saturated carbocycles. The Morgan fingerprint density at radius 1 is 1.22 bits per heavy atom. The Hall–Kier alpha value is -2.54. The van der Waals surface area contributed by atoms with Gasteiger partial charge in [0.1, 0.15) is 11.4 Å². The molecule has 2 aromatic carbocycles. The normalized spacial score (nSPS) is 13.7. The molecule has 3 rings (SSSR count). The molecule has 7 heteroatoms. The second kappa shape index (κ2) is 5.92. The Morgan fingerprint density at radius 3 is 2.78 bits per heavy atom. The van der Waals surface area contributed by atoms with Crippen LogP contribution in [0.1, 0.15) is 11.1 Å². The third-order valence-corrected chi connectivity index (χ3v) is 4.60. The Labute approximate surface area is 134 Å². The number of anilines is 2. The van der Waals surface area contributed by atoms with E-state index in [1.54, 1.807) is 24.3 Å². The number of hydrogen-bond donors (Lipinski definition) is 2. The van der Waals surface area contributed by atoms with Gasteiger partial charge in [0.2, 0.25) is 10.0 Å². The van der Waals surface area contributed by atoms with Crippen molar-refractivity contribution in [3.63, 3.8) is 0 Å². The smallest absolute Gasteiger partial charge is 0.262 e. The number of ether oxygens (including phenoxy) is 1. The van der Waals surface area contributed by atoms with Crippen LogP contribution in [0, 0.1) is 6.92 Å². The van der Waals surface area contributed by atoms with Gasteiger partial charge >= 0.3 is 0 Å². The molecule has 120 valence electrons. The maximum atomic E-state index is 12.4. The largest absolute Gasteiger partial charge is 0.481 e. The van der Waals surface area contributed by atoms with Gasteiger partial charge < -0.3 is 10.1 Å². The molecule has 0 aliphatic carbocycles. The van der Waals surface area contributed by atoms with Gasteiger partial charge in [-0.2, -0.15) is 0 Å². The topological polar surface area (TPSA) is 84.5 Å². The highest BCUT2D eigenvalue weighted by molar-refractivity contribution is 7.91. The van der Waals surface area contributed by atoms with Gasteiger partial charge in [0.05, 0.1) is 11.4 Å². The van der Waals surface area contributed by atoms with E-state index in [4.69, 9.17) is 4.74 Å². The lowest BCUT2D eigenvalue weighted by Gasteiger charge is -2.21. The van der Waals surface area contributed by atoms with Crippen LogP contribution in [0.3, 0.4) is 0 Å². The van der Waals surface area contributed by atoms with E-state index in [0.717, 1.165) is 5.56 Å². The maximum Gasteiger partial charge on any atom is 0.262 e. The molecule has 0 bridgehead atoms. The van der Waals surface area contributed by atoms with E-state index in [2.05, 4.69) is 10.0 Å². The van der Waals surface area contributed by atoms with Crippen LogP contribution in [-0.2, 0) is 20.6 Å². The van der Waals surface area contributed by atoms with Crippen LogP contribution in [0.5, 0.6) is 5.75 Å². The zero-order valence-corrected chi connectivity index (χ0v) is 13.3. The number of fused-ring (bicyclic) bond motifs is 1. The summed E-state index contributed by atoms with van der Waals surface area (Å²) in [6.45, 7) is 1.83. The average Bonchev–Trinajstić information content (AvgIpc) is 2.47. The summed E-state index contributed by atoms with van der Waals surface area (Å²) in [5, 5.41) is 2.63. The molecule has 0 unspecified atom stereocenters. The number of hydrogen-bond acceptors (Lipinski definition) is 4. The molecule has 2 N–H and O–H groups in total. The molecule has 0 spiro atoms. The molecule has 6 nitrogen and oxygen atoms in total. The third kappa shape index (κ3) is 3.62. The molecule has 0 radical (unpaired) electrons. The summed E-state index contributed by atoms with van der Waals surface area (Å²) in [5.41, 5.74) is 2.33. The molecule has 1 amide bonds. The molecule has 0 saturated heterocycles. The van der Waals surface area contributed by atoms with E-state index in [-0.39, 0.29) is 18.3 Å². The monoisotopic (exact) mass is 332 g/mol. The Bertz CT molecular complexity index is 862. The highest BCUT2D eigenvalue weighted by atomic mass is 32.2. The lowest BCUT2D eigenvalue weighted by molar-refractivity contribution is -0.118. The SMILES string of the molecule is Cc1cccc(CS(=O)(=O)Nc2cccc3c2NC(=O)CO3)c1. The number of para-hydroxylation sites is 1. The third-order valence-electron chi connectivity index (χ3n) is 3.35. The van der Waals surface area contributed by atoms with Gasteiger partial charge in [-0.1, -0.05) is 35.9 Å². The van der Waals surface area contributed by atoms with E-state index >= 15 is 0 Å². The van der Waals surface area contributed by atoms with Crippen molar-refractivity contribution in [2.45, 2.75) is 12.7 Å². The number of aryl methyl sites for hydroxylation is 1. The molecular formula is C16H16N2O4S. The van der Waals surface area contributed by atoms with Crippen molar-refractivity contribution in [1.82, 2.24) is 0 Å². The van der Waals surface area contributed by atoms with Crippen LogP contribution in [0.15, 0.2) is 42.5 Å². The van der Waals surface area contributed by atoms with E-state index in [1.807, 2.05) is 25.1 Å². The summed E-state index contributed by atoms with van der Waals surface area (Å²) in [4.78, 5) is 11.5. The highest BCUT2D eigenvalue weighted by Gasteiger charge is 2.21. The molecule has 0 aromatic heterocycles. The van der Waals surface area contributed by atoms with Crippen molar-refractivity contribution < 1.29 is 17.9 Å². The fourth-order valence-corrected chi connectivity index (χ4v) is 3.60. The standard InChI is InChI=1S/C16H16N2O4S/c1-11-4-2-5-12(8-11)10-23(20,21)18-13-6-3-7-14-16(13)17-15(19)9-22-14/h2-8,18H,9-10H2,1H3,(H,17,19). The molecule has 23 heavy (non-hydrogen) atoms. The summed E-state index contributed by atoms with van der Waals surface area (Å²) in [6.07, 6.45) is 0. The Balaban J connectivity index is 1.85. The van der Waals surface area contributed by atoms with Gasteiger partial charge in [-0.25, -0.2) is 8.42 Å². The van der Waals surface area contributed by atoms with Crippen LogP contribution in [0.4, 0.5) is 11.4 Å². The lowest BCUT2D eigenvalue weighted by atomic mass is 10.2. The molecule has 2 aromatic rings. The number of carbonyl (C=O) groups is 1. The first-order valence-corrected chi connectivity index (χ1v) is 8.70. The van der Waals surface area contributed by atoms with Crippen LogP contribution in [0.2, 0.25) is 0 Å². The van der Waals surface area contributed by atoms with Crippen molar-refractivity contribution in [2.75, 3.05) is 16.6 Å². The average molecular weight is 332 g/mol. The van der Waals surface area contributed by atoms with Crippen LogP contribution in [-0.4, -0.2) is 20.9 Å². The number of amides is 1. The Morgan fingerprint density at radius 2 is 2.00 bits per heavy atom. The van der Waals surface area contributed by atoms with Gasteiger partial charge in [-0.05, 0) is 24.6 Å². The van der Waals surface area contributed by atoms with Gasteiger partial charge in [-0.3, -0.25) is 9.52 Å². The summed E-state index contributed by atoms with van der Waals surface area (Å²) in [6, 6.07) is 12.2. The number of nitrogens with one attached hydrogen (secondary N) is 2. The summed E-state index contributed by atoms with van der Waals surface area (Å²) in [5.74, 6) is -0.0177. The highest BCUT2D eigenvalue weighted by Crippen LogP contribution is 2.35. The number of rotatable bonds is 4. The summed E-state index contributed by atoms with van der Waals surface area (Å²) in [7, 11) is -3.61. The molecular weight excluding hydrogens is 316 g/mol. The Kier molecular flexibility index (Phi) is 3.96. The minimum Gasteiger partial charge on any atom is -0.481 e. The predicted molar refractivity (Wildman–Crippen MR) is 88.0 cm³/mol.